The Morgan fingerprint density at radius 2 is 1.77 bits per heavy atom. The number of carboxylic acid groups (broad SMARTS) is 1. The van der Waals surface area contributed by atoms with Crippen LogP contribution in [0.25, 0.3) is 0 Å². The molecule has 7 nitrogen and oxygen atoms in total. The average Bonchev–Trinajstić information content (AvgIpc) is 3.51. The van der Waals surface area contributed by atoms with E-state index in [1.807, 2.05) is 6.07 Å². The van der Waals surface area contributed by atoms with E-state index < -0.39 is 5.97 Å². The highest BCUT2D eigenvalue weighted by atomic mass is 35.5. The quantitative estimate of drug-likeness (QED) is 0.345. The number of aryl methyl sites for hydroxylation is 2. The number of imide groups is 1. The smallest absolute Gasteiger partial charge is 0.306 e. The molecule has 0 radical (unpaired) electrons. The molecule has 1 saturated carbocycles. The maximum Gasteiger partial charge on any atom is 0.306 e. The Bertz CT molecular complexity index is 1240. The number of carbonyl (C=O) groups excluding carboxylic acids is 2. The molecule has 2 aromatic carbocycles. The van der Waals surface area contributed by atoms with Crippen LogP contribution in [0.15, 0.2) is 36.4 Å². The number of rotatable bonds is 11. The van der Waals surface area contributed by atoms with E-state index >= 15 is 0 Å². The zero-order valence-electron chi connectivity index (χ0n) is 23.2. The molecule has 1 heterocycles. The number of fused-ring (bicyclic) bond motifs is 1. The number of benzene rings is 2. The van der Waals surface area contributed by atoms with Gasteiger partial charge in [-0.05, 0) is 97.7 Å². The molecule has 5 rings (SSSR count). The number of ether oxygens (including phenoxy) is 1. The minimum atomic E-state index is -0.664. The third kappa shape index (κ3) is 6.52. The highest BCUT2D eigenvalue weighted by Crippen LogP contribution is 2.40. The first-order valence-corrected chi connectivity index (χ1v) is 14.9. The molecule has 214 valence electrons. The predicted octanol–water partition coefficient (Wildman–Crippen LogP) is 5.81. The lowest BCUT2D eigenvalue weighted by molar-refractivity contribution is -0.143. The summed E-state index contributed by atoms with van der Waals surface area (Å²) in [6.07, 6.45) is 7.53. The van der Waals surface area contributed by atoms with Crippen molar-refractivity contribution in [2.45, 2.75) is 76.8 Å². The Balaban J connectivity index is 1.29. The molecule has 0 aromatic heterocycles. The predicted molar refractivity (Wildman–Crippen MR) is 153 cm³/mol. The van der Waals surface area contributed by atoms with Crippen LogP contribution in [0.5, 0.6) is 5.75 Å². The largest absolute Gasteiger partial charge is 0.496 e. The van der Waals surface area contributed by atoms with Gasteiger partial charge >= 0.3 is 5.97 Å². The summed E-state index contributed by atoms with van der Waals surface area (Å²) in [7, 11) is 1.69. The second-order valence-corrected chi connectivity index (χ2v) is 12.0. The van der Waals surface area contributed by atoms with Crippen molar-refractivity contribution in [2.24, 2.45) is 11.8 Å². The molecular weight excluding hydrogens is 528 g/mol. The molecule has 3 aliphatic rings. The van der Waals surface area contributed by atoms with Crippen molar-refractivity contribution in [3.63, 3.8) is 0 Å². The zero-order chi connectivity index (χ0) is 28.2. The first kappa shape index (κ1) is 28.6. The van der Waals surface area contributed by atoms with Crippen molar-refractivity contribution in [1.29, 1.82) is 0 Å². The maximum absolute atomic E-state index is 11.9. The van der Waals surface area contributed by atoms with Crippen molar-refractivity contribution in [2.75, 3.05) is 20.2 Å². The summed E-state index contributed by atoms with van der Waals surface area (Å²) >= 11 is 6.30. The Kier molecular flexibility index (Phi) is 9.11. The van der Waals surface area contributed by atoms with Crippen LogP contribution in [0.2, 0.25) is 5.02 Å². The fraction of sp³-hybridized carbons (Fsp3) is 0.531. The second-order valence-electron chi connectivity index (χ2n) is 11.6. The third-order valence-corrected chi connectivity index (χ3v) is 9.24. The van der Waals surface area contributed by atoms with Gasteiger partial charge in [-0.2, -0.15) is 0 Å². The minimum absolute atomic E-state index is 0.0698. The number of aliphatic carboxylic acids is 1. The molecule has 1 atom stereocenters. The Hall–Kier alpha value is -2.90. The van der Waals surface area contributed by atoms with Gasteiger partial charge in [0.2, 0.25) is 11.8 Å². The van der Waals surface area contributed by atoms with E-state index in [9.17, 15) is 19.5 Å². The van der Waals surface area contributed by atoms with E-state index in [1.165, 1.54) is 21.6 Å². The van der Waals surface area contributed by atoms with Gasteiger partial charge in [-0.15, -0.1) is 0 Å². The highest BCUT2D eigenvalue weighted by Gasteiger charge is 2.33. The van der Waals surface area contributed by atoms with Crippen LogP contribution in [0.3, 0.4) is 0 Å². The summed E-state index contributed by atoms with van der Waals surface area (Å²) in [6, 6.07) is 12.9. The van der Waals surface area contributed by atoms with E-state index in [2.05, 4.69) is 35.2 Å². The average molecular weight is 567 g/mol. The SMILES string of the molecule is COc1cc(CN(CC2CCC(C(=O)O)CC2)[C@H]2CCc3cc(Cl)ccc32)ccc1CCCN1C(=O)CCC1=O. The van der Waals surface area contributed by atoms with Crippen LogP contribution in [-0.2, 0) is 33.8 Å². The fourth-order valence-corrected chi connectivity index (χ4v) is 6.99. The van der Waals surface area contributed by atoms with Gasteiger partial charge in [-0.3, -0.25) is 24.2 Å². The summed E-state index contributed by atoms with van der Waals surface area (Å²) in [4.78, 5) is 39.3. The van der Waals surface area contributed by atoms with Gasteiger partial charge in [-0.1, -0.05) is 29.8 Å². The van der Waals surface area contributed by atoms with Crippen molar-refractivity contribution in [3.8, 4) is 5.75 Å². The minimum Gasteiger partial charge on any atom is -0.496 e. The molecule has 8 heteroatoms. The molecule has 0 spiro atoms. The first-order chi connectivity index (χ1) is 19.3. The number of halogens is 1. The van der Waals surface area contributed by atoms with Crippen LogP contribution in [0.1, 0.15) is 79.7 Å². The van der Waals surface area contributed by atoms with E-state index in [-0.39, 0.29) is 17.7 Å². The van der Waals surface area contributed by atoms with E-state index in [1.54, 1.807) is 7.11 Å². The van der Waals surface area contributed by atoms with E-state index in [0.29, 0.717) is 37.8 Å². The summed E-state index contributed by atoms with van der Waals surface area (Å²) < 4.78 is 5.78. The zero-order valence-corrected chi connectivity index (χ0v) is 24.0. The lowest BCUT2D eigenvalue weighted by Crippen LogP contribution is -2.34. The van der Waals surface area contributed by atoms with Gasteiger partial charge < -0.3 is 9.84 Å². The number of carbonyl (C=O) groups is 3. The van der Waals surface area contributed by atoms with Gasteiger partial charge in [0.05, 0.1) is 13.0 Å². The molecule has 0 unspecified atom stereocenters. The molecule has 2 aliphatic carbocycles. The standard InChI is InChI=1S/C32H39ClN2O5/c1-40-29-17-22(6-7-23(29)3-2-16-35-30(36)14-15-31(35)37)20-34(19-21-4-8-24(9-5-21)32(38)39)28-13-10-25-18-26(33)11-12-27(25)28/h6-7,11-12,17-18,21,24,28H,2-5,8-10,13-16,19-20H2,1H3,(H,38,39)/t21?,24?,28-/m0/s1. The number of carboxylic acids is 1. The van der Waals surface area contributed by atoms with Gasteiger partial charge in [0.1, 0.15) is 5.75 Å². The van der Waals surface area contributed by atoms with Gasteiger partial charge in [-0.25, -0.2) is 0 Å². The third-order valence-electron chi connectivity index (χ3n) is 9.00. The number of hydrogen-bond acceptors (Lipinski definition) is 5. The lowest BCUT2D eigenvalue weighted by Gasteiger charge is -2.35. The van der Waals surface area contributed by atoms with Crippen molar-refractivity contribution >= 4 is 29.4 Å². The van der Waals surface area contributed by atoms with Crippen LogP contribution >= 0.6 is 11.6 Å². The number of methoxy groups -OCH3 is 1. The van der Waals surface area contributed by atoms with Gasteiger partial charge in [0, 0.05) is 43.5 Å². The van der Waals surface area contributed by atoms with Crippen molar-refractivity contribution < 1.29 is 24.2 Å². The molecule has 1 aliphatic heterocycles. The molecule has 40 heavy (non-hydrogen) atoms. The van der Waals surface area contributed by atoms with E-state index in [0.717, 1.165) is 74.4 Å². The fourth-order valence-electron chi connectivity index (χ4n) is 6.80. The topological polar surface area (TPSA) is 87.2 Å². The molecule has 2 amide bonds. The van der Waals surface area contributed by atoms with Crippen LogP contribution in [0, 0.1) is 11.8 Å². The lowest BCUT2D eigenvalue weighted by atomic mass is 9.81. The Labute approximate surface area is 241 Å². The normalized spacial score (nSPS) is 22.7. The molecule has 1 N–H and O–H groups in total. The molecule has 0 bridgehead atoms. The first-order valence-electron chi connectivity index (χ1n) is 14.6. The summed E-state index contributed by atoms with van der Waals surface area (Å²) in [5, 5.41) is 10.2. The summed E-state index contributed by atoms with van der Waals surface area (Å²) in [5.74, 6) is 0.292. The van der Waals surface area contributed by atoms with Crippen LogP contribution < -0.4 is 4.74 Å². The molecule has 2 aromatic rings. The Morgan fingerprint density at radius 1 is 1.02 bits per heavy atom. The monoisotopic (exact) mass is 566 g/mol. The summed E-state index contributed by atoms with van der Waals surface area (Å²) in [6.45, 7) is 2.16. The second kappa shape index (κ2) is 12.7. The maximum atomic E-state index is 11.9. The van der Waals surface area contributed by atoms with Crippen molar-refractivity contribution in [1.82, 2.24) is 9.80 Å². The Morgan fingerprint density at radius 3 is 2.48 bits per heavy atom. The van der Waals surface area contributed by atoms with Gasteiger partial charge in [0.15, 0.2) is 0 Å². The number of amides is 2. The van der Waals surface area contributed by atoms with Gasteiger partial charge in [0.25, 0.3) is 0 Å². The number of hydrogen-bond donors (Lipinski definition) is 1. The molecule has 2 fully saturated rings. The van der Waals surface area contributed by atoms with Crippen LogP contribution in [0.4, 0.5) is 0 Å². The molecular formula is C32H39ClN2O5. The number of nitrogens with zero attached hydrogens (tertiary/aromatic N) is 2. The summed E-state index contributed by atoms with van der Waals surface area (Å²) in [5.41, 5.74) is 4.91. The van der Waals surface area contributed by atoms with Crippen molar-refractivity contribution in [3.05, 3.63) is 63.7 Å². The number of likely N-dealkylation sites (tertiary alicyclic amines) is 1. The highest BCUT2D eigenvalue weighted by molar-refractivity contribution is 6.30. The van der Waals surface area contributed by atoms with E-state index in [4.69, 9.17) is 16.3 Å². The van der Waals surface area contributed by atoms with Crippen LogP contribution in [-0.4, -0.2) is 52.9 Å². The molecule has 1 saturated heterocycles.